The van der Waals surface area contributed by atoms with E-state index >= 15 is 0 Å². The predicted molar refractivity (Wildman–Crippen MR) is 74.9 cm³/mol. The van der Waals surface area contributed by atoms with Crippen molar-refractivity contribution in [1.82, 2.24) is 9.97 Å². The van der Waals surface area contributed by atoms with Crippen LogP contribution in [0.25, 0.3) is 10.9 Å². The number of benzene rings is 2. The van der Waals surface area contributed by atoms with Gasteiger partial charge in [0.15, 0.2) is 11.5 Å². The van der Waals surface area contributed by atoms with E-state index in [0.717, 1.165) is 5.56 Å². The molecule has 0 amide bonds. The normalized spacial score (nSPS) is 10.8. The summed E-state index contributed by atoms with van der Waals surface area (Å²) < 4.78 is 0. The number of H-pyrrole nitrogens is 1. The van der Waals surface area contributed by atoms with E-state index in [1.165, 1.54) is 12.1 Å². The summed E-state index contributed by atoms with van der Waals surface area (Å²) in [4.78, 5) is 19.0. The quantitative estimate of drug-likeness (QED) is 0.620. The van der Waals surface area contributed by atoms with Gasteiger partial charge in [0, 0.05) is 6.42 Å². The molecule has 0 aliphatic carbocycles. The molecule has 0 fully saturated rings. The molecule has 0 atom stereocenters. The number of fused-ring (bicyclic) bond motifs is 1. The van der Waals surface area contributed by atoms with E-state index in [2.05, 4.69) is 9.97 Å². The van der Waals surface area contributed by atoms with Crippen molar-refractivity contribution in [3.8, 4) is 11.5 Å². The van der Waals surface area contributed by atoms with Gasteiger partial charge >= 0.3 is 0 Å². The van der Waals surface area contributed by atoms with Gasteiger partial charge in [-0.1, -0.05) is 18.2 Å². The third-order valence-electron chi connectivity index (χ3n) is 3.07. The standard InChI is InChI=1S/C15H12N2O3/c18-12-6-5-9(7-13(12)19)8-14-16-11-4-2-1-3-10(11)15(20)17-14/h1-7,18-19H,8H2,(H,16,17,20). The summed E-state index contributed by atoms with van der Waals surface area (Å²) >= 11 is 0. The molecule has 100 valence electrons. The van der Waals surface area contributed by atoms with Gasteiger partial charge in [-0.2, -0.15) is 0 Å². The number of hydrogen-bond donors (Lipinski definition) is 3. The molecule has 0 unspecified atom stereocenters. The second kappa shape index (κ2) is 4.70. The third-order valence-corrected chi connectivity index (χ3v) is 3.07. The van der Waals surface area contributed by atoms with Crippen LogP contribution >= 0.6 is 0 Å². The van der Waals surface area contributed by atoms with E-state index in [-0.39, 0.29) is 17.1 Å². The minimum Gasteiger partial charge on any atom is -0.504 e. The summed E-state index contributed by atoms with van der Waals surface area (Å²) in [5, 5.41) is 19.3. The molecule has 0 saturated heterocycles. The lowest BCUT2D eigenvalue weighted by atomic mass is 10.1. The van der Waals surface area contributed by atoms with Crippen molar-refractivity contribution in [2.45, 2.75) is 6.42 Å². The molecular formula is C15H12N2O3. The van der Waals surface area contributed by atoms with Crippen LogP contribution in [-0.4, -0.2) is 20.2 Å². The number of aromatic nitrogens is 2. The highest BCUT2D eigenvalue weighted by atomic mass is 16.3. The Labute approximate surface area is 114 Å². The highest BCUT2D eigenvalue weighted by Gasteiger charge is 2.06. The summed E-state index contributed by atoms with van der Waals surface area (Å²) in [5.41, 5.74) is 1.20. The van der Waals surface area contributed by atoms with Crippen molar-refractivity contribution in [2.75, 3.05) is 0 Å². The van der Waals surface area contributed by atoms with E-state index in [4.69, 9.17) is 0 Å². The Morgan fingerprint density at radius 1 is 1.05 bits per heavy atom. The van der Waals surface area contributed by atoms with Gasteiger partial charge in [0.2, 0.25) is 0 Å². The Hall–Kier alpha value is -2.82. The number of aromatic amines is 1. The largest absolute Gasteiger partial charge is 0.504 e. The molecule has 0 aliphatic rings. The van der Waals surface area contributed by atoms with Crippen molar-refractivity contribution in [3.63, 3.8) is 0 Å². The average Bonchev–Trinajstić information content (AvgIpc) is 2.43. The summed E-state index contributed by atoms with van der Waals surface area (Å²) in [6.07, 6.45) is 0.369. The predicted octanol–water partition coefficient (Wildman–Crippen LogP) is 1.93. The van der Waals surface area contributed by atoms with Gasteiger partial charge in [-0.25, -0.2) is 4.98 Å². The van der Waals surface area contributed by atoms with Crippen molar-refractivity contribution >= 4 is 10.9 Å². The molecule has 1 aromatic heterocycles. The highest BCUT2D eigenvalue weighted by molar-refractivity contribution is 5.77. The van der Waals surface area contributed by atoms with E-state index in [1.54, 1.807) is 24.3 Å². The lowest BCUT2D eigenvalue weighted by Crippen LogP contribution is -2.12. The Kier molecular flexibility index (Phi) is 2.87. The molecule has 5 heteroatoms. The Bertz CT molecular complexity index is 840. The molecule has 0 bridgehead atoms. The van der Waals surface area contributed by atoms with Gasteiger partial charge in [-0.15, -0.1) is 0 Å². The van der Waals surface area contributed by atoms with Crippen LogP contribution in [0.1, 0.15) is 11.4 Å². The average molecular weight is 268 g/mol. The number of hydrogen-bond acceptors (Lipinski definition) is 4. The van der Waals surface area contributed by atoms with Gasteiger partial charge in [-0.05, 0) is 29.8 Å². The lowest BCUT2D eigenvalue weighted by Gasteiger charge is -2.04. The number of phenolic OH excluding ortho intramolecular Hbond substituents is 2. The van der Waals surface area contributed by atoms with Gasteiger partial charge in [0.25, 0.3) is 5.56 Å². The third kappa shape index (κ3) is 2.21. The van der Waals surface area contributed by atoms with Crippen LogP contribution in [0.3, 0.4) is 0 Å². The maximum Gasteiger partial charge on any atom is 0.258 e. The highest BCUT2D eigenvalue weighted by Crippen LogP contribution is 2.25. The summed E-state index contributed by atoms with van der Waals surface area (Å²) in [6.45, 7) is 0. The van der Waals surface area contributed by atoms with E-state index in [9.17, 15) is 15.0 Å². The van der Waals surface area contributed by atoms with Crippen LogP contribution in [0.2, 0.25) is 0 Å². The number of phenols is 2. The lowest BCUT2D eigenvalue weighted by molar-refractivity contribution is 0.403. The molecule has 3 aromatic rings. The fraction of sp³-hybridized carbons (Fsp3) is 0.0667. The Balaban J connectivity index is 2.02. The molecule has 3 N–H and O–H groups in total. The molecule has 1 heterocycles. The molecule has 5 nitrogen and oxygen atoms in total. The van der Waals surface area contributed by atoms with E-state index in [0.29, 0.717) is 23.1 Å². The fourth-order valence-electron chi connectivity index (χ4n) is 2.09. The first-order chi connectivity index (χ1) is 9.63. The number of nitrogens with zero attached hydrogens (tertiary/aromatic N) is 1. The molecule has 0 aliphatic heterocycles. The topological polar surface area (TPSA) is 86.2 Å². The van der Waals surface area contributed by atoms with Crippen molar-refractivity contribution in [3.05, 3.63) is 64.2 Å². The zero-order valence-corrected chi connectivity index (χ0v) is 10.5. The summed E-state index contributed by atoms with van der Waals surface area (Å²) in [7, 11) is 0. The van der Waals surface area contributed by atoms with Crippen LogP contribution in [0.4, 0.5) is 0 Å². The van der Waals surface area contributed by atoms with Crippen LogP contribution < -0.4 is 5.56 Å². The SMILES string of the molecule is O=c1[nH]c(Cc2ccc(O)c(O)c2)nc2ccccc12. The maximum absolute atomic E-state index is 11.9. The zero-order chi connectivity index (χ0) is 14.1. The summed E-state index contributed by atoms with van der Waals surface area (Å²) in [5.74, 6) is 0.151. The van der Waals surface area contributed by atoms with Crippen LogP contribution in [-0.2, 0) is 6.42 Å². The van der Waals surface area contributed by atoms with Crippen molar-refractivity contribution in [2.24, 2.45) is 0 Å². The van der Waals surface area contributed by atoms with Crippen LogP contribution in [0.15, 0.2) is 47.3 Å². The van der Waals surface area contributed by atoms with Crippen LogP contribution in [0, 0.1) is 0 Å². The van der Waals surface area contributed by atoms with Gasteiger partial charge < -0.3 is 15.2 Å². The molecule has 0 radical (unpaired) electrons. The first kappa shape index (κ1) is 12.2. The van der Waals surface area contributed by atoms with Gasteiger partial charge in [-0.3, -0.25) is 4.79 Å². The number of aromatic hydroxyl groups is 2. The maximum atomic E-state index is 11.9. The molecule has 0 spiro atoms. The van der Waals surface area contributed by atoms with Gasteiger partial charge in [0.1, 0.15) is 5.82 Å². The number of nitrogens with one attached hydrogen (secondary N) is 1. The fourth-order valence-corrected chi connectivity index (χ4v) is 2.09. The molecular weight excluding hydrogens is 256 g/mol. The van der Waals surface area contributed by atoms with Gasteiger partial charge in [0.05, 0.1) is 10.9 Å². The van der Waals surface area contributed by atoms with Crippen molar-refractivity contribution < 1.29 is 10.2 Å². The molecule has 0 saturated carbocycles. The second-order valence-electron chi connectivity index (χ2n) is 4.53. The first-order valence-electron chi connectivity index (χ1n) is 6.12. The molecule has 2 aromatic carbocycles. The molecule has 3 rings (SSSR count). The number of rotatable bonds is 2. The van der Waals surface area contributed by atoms with Crippen molar-refractivity contribution in [1.29, 1.82) is 0 Å². The second-order valence-corrected chi connectivity index (χ2v) is 4.53. The van der Waals surface area contributed by atoms with E-state index in [1.807, 2.05) is 6.07 Å². The Morgan fingerprint density at radius 3 is 2.65 bits per heavy atom. The first-order valence-corrected chi connectivity index (χ1v) is 6.12. The number of para-hydroxylation sites is 1. The minimum absolute atomic E-state index is 0.172. The zero-order valence-electron chi connectivity index (χ0n) is 10.5. The minimum atomic E-state index is -0.189. The summed E-state index contributed by atoms with van der Waals surface area (Å²) in [6, 6.07) is 11.6. The Morgan fingerprint density at radius 2 is 1.85 bits per heavy atom. The van der Waals surface area contributed by atoms with Crippen LogP contribution in [0.5, 0.6) is 11.5 Å². The van der Waals surface area contributed by atoms with E-state index < -0.39 is 0 Å². The monoisotopic (exact) mass is 268 g/mol. The molecule has 20 heavy (non-hydrogen) atoms. The smallest absolute Gasteiger partial charge is 0.258 e.